The van der Waals surface area contributed by atoms with Crippen molar-refractivity contribution in [2.24, 2.45) is 0 Å². The number of halogens is 3. The Morgan fingerprint density at radius 3 is 2.36 bits per heavy atom. The molecule has 2 N–H and O–H groups in total. The minimum Gasteiger partial charge on any atom is -0.347 e. The summed E-state index contributed by atoms with van der Waals surface area (Å²) in [6.07, 6.45) is -2.79. The molecule has 1 atom stereocenters. The lowest BCUT2D eigenvalue weighted by Crippen LogP contribution is -2.39. The molecule has 0 saturated heterocycles. The lowest BCUT2D eigenvalue weighted by Gasteiger charge is -2.15. The van der Waals surface area contributed by atoms with Gasteiger partial charge in [-0.25, -0.2) is 11.1 Å². The molecule has 0 aromatic heterocycles. The van der Waals surface area contributed by atoms with Crippen LogP contribution < -0.4 is 10.0 Å². The van der Waals surface area contributed by atoms with Crippen LogP contribution in [0.4, 0.5) is 13.2 Å². The first-order chi connectivity index (χ1) is 6.38. The molecule has 0 fully saturated rings. The molecule has 7 heteroatoms. The van der Waals surface area contributed by atoms with Crippen LogP contribution in [0.2, 0.25) is 0 Å². The minimum atomic E-state index is -4.78. The summed E-state index contributed by atoms with van der Waals surface area (Å²) in [6.45, 7) is 2.37. The van der Waals surface area contributed by atoms with E-state index in [1.165, 1.54) is 0 Å². The van der Waals surface area contributed by atoms with E-state index in [0.717, 1.165) is 5.75 Å². The predicted molar refractivity (Wildman–Crippen MR) is 52.5 cm³/mol. The smallest absolute Gasteiger partial charge is 0.347 e. The van der Waals surface area contributed by atoms with Crippen LogP contribution in [0.1, 0.15) is 6.92 Å². The van der Waals surface area contributed by atoms with Crippen LogP contribution in [0.15, 0.2) is 0 Å². The van der Waals surface area contributed by atoms with Crippen molar-refractivity contribution in [3.05, 3.63) is 0 Å². The summed E-state index contributed by atoms with van der Waals surface area (Å²) in [5.74, 6) is -0.918. The monoisotopic (exact) mass is 232 g/mol. The van der Waals surface area contributed by atoms with Gasteiger partial charge in [-0.15, -0.1) is 0 Å². The Balaban J connectivity index is 3.51. The van der Waals surface area contributed by atoms with E-state index in [1.54, 1.807) is 5.32 Å². The normalized spacial score (nSPS) is 15.1. The molecule has 0 aliphatic carbocycles. The van der Waals surface area contributed by atoms with Crippen LogP contribution in [0, 0.1) is 0 Å². The molecule has 0 aromatic carbocycles. The Morgan fingerprint density at radius 2 is 1.93 bits per heavy atom. The van der Waals surface area contributed by atoms with E-state index in [9.17, 15) is 18.0 Å². The summed E-state index contributed by atoms with van der Waals surface area (Å²) in [5.41, 5.74) is 0. The third-order valence-electron chi connectivity index (χ3n) is 1.52. The maximum Gasteiger partial charge on any atom is 0.471 e. The molecule has 0 aromatic rings. The highest BCUT2D eigenvalue weighted by molar-refractivity contribution is 8.14. The van der Waals surface area contributed by atoms with Gasteiger partial charge in [0.25, 0.3) is 0 Å². The van der Waals surface area contributed by atoms with Gasteiger partial charge in [-0.05, 0) is 12.0 Å². The molecule has 0 heterocycles. The van der Waals surface area contributed by atoms with E-state index in [0.29, 0.717) is 6.54 Å². The number of hydrogen-bond acceptors (Lipinski definition) is 2. The zero-order valence-electron chi connectivity index (χ0n) is 8.11. The third kappa shape index (κ3) is 6.09. The number of rotatable bonds is 5. The van der Waals surface area contributed by atoms with Crippen molar-refractivity contribution in [3.63, 3.8) is 0 Å². The van der Waals surface area contributed by atoms with Crippen molar-refractivity contribution in [3.8, 4) is 0 Å². The highest BCUT2D eigenvalue weighted by Gasteiger charge is 2.38. The number of hydrogen-bond donors (Lipinski definition) is 3. The maximum absolute atomic E-state index is 11.7. The lowest BCUT2D eigenvalue weighted by atomic mass is 10.5. The Kier molecular flexibility index (Phi) is 5.94. The van der Waals surface area contributed by atoms with Gasteiger partial charge in [-0.3, -0.25) is 9.52 Å². The summed E-state index contributed by atoms with van der Waals surface area (Å²) in [7, 11) is 0. The number of nitrogens with one attached hydrogen (secondary N) is 2. The zero-order valence-corrected chi connectivity index (χ0v) is 9.01. The predicted octanol–water partition coefficient (Wildman–Crippen LogP) is 0.820. The van der Waals surface area contributed by atoms with Crippen molar-refractivity contribution in [2.75, 3.05) is 25.1 Å². The number of carbonyl (C=O) groups is 1. The van der Waals surface area contributed by atoms with Gasteiger partial charge in [0.15, 0.2) is 0 Å². The first-order valence-corrected chi connectivity index (χ1v) is 6.15. The van der Waals surface area contributed by atoms with Gasteiger partial charge in [0.05, 0.1) is 0 Å². The molecule has 14 heavy (non-hydrogen) atoms. The maximum atomic E-state index is 11.7. The second-order valence-corrected chi connectivity index (χ2v) is 5.02. The first-order valence-electron chi connectivity index (χ1n) is 4.17. The number of alkyl halides is 3. The van der Waals surface area contributed by atoms with E-state index in [1.807, 2.05) is 13.2 Å². The van der Waals surface area contributed by atoms with Gasteiger partial charge in [-0.1, -0.05) is 6.92 Å². The topological polar surface area (TPSA) is 41.1 Å². The molecule has 0 aliphatic rings. The fourth-order valence-electron chi connectivity index (χ4n) is 0.635. The summed E-state index contributed by atoms with van der Waals surface area (Å²) in [6, 6.07) is 0. The van der Waals surface area contributed by atoms with Crippen molar-refractivity contribution in [2.45, 2.75) is 13.1 Å². The summed E-state index contributed by atoms with van der Waals surface area (Å²) >= 11 is -0.320. The second kappa shape index (κ2) is 6.13. The van der Waals surface area contributed by atoms with Crippen LogP contribution >= 0.6 is 11.1 Å². The molecule has 1 amide bonds. The fraction of sp³-hybridized carbons (Fsp3) is 0.857. The average molecular weight is 232 g/mol. The number of amides is 1. The van der Waals surface area contributed by atoms with Crippen molar-refractivity contribution in [1.29, 1.82) is 0 Å². The van der Waals surface area contributed by atoms with Crippen LogP contribution in [-0.4, -0.2) is 37.2 Å². The summed E-state index contributed by atoms with van der Waals surface area (Å²) in [4.78, 5) is 10.3. The van der Waals surface area contributed by atoms with E-state index in [-0.39, 0.29) is 17.6 Å². The van der Waals surface area contributed by atoms with E-state index < -0.39 is 12.1 Å². The molecule has 0 aliphatic heterocycles. The molecular formula is C7H15F3N2OS. The second-order valence-electron chi connectivity index (χ2n) is 2.68. The van der Waals surface area contributed by atoms with Gasteiger partial charge in [-0.2, -0.15) is 13.2 Å². The molecule has 86 valence electrons. The van der Waals surface area contributed by atoms with Crippen LogP contribution in [0.5, 0.6) is 0 Å². The van der Waals surface area contributed by atoms with Gasteiger partial charge in [0, 0.05) is 13.1 Å². The molecule has 0 rings (SSSR count). The van der Waals surface area contributed by atoms with Crippen LogP contribution in [0.25, 0.3) is 0 Å². The first kappa shape index (κ1) is 13.6. The Bertz CT molecular complexity index is 186. The van der Waals surface area contributed by atoms with Gasteiger partial charge in [0.2, 0.25) is 0 Å². The van der Waals surface area contributed by atoms with Crippen molar-refractivity contribution >= 4 is 17.0 Å². The minimum absolute atomic E-state index is 0.00498. The Labute approximate surface area is 83.9 Å². The number of carbonyl (C=O) groups excluding carboxylic acids is 1. The van der Waals surface area contributed by atoms with Gasteiger partial charge < -0.3 is 5.32 Å². The SMILES string of the molecule is CC[SH](C)NCCNC(=O)C(F)(F)F. The van der Waals surface area contributed by atoms with E-state index in [4.69, 9.17) is 0 Å². The Hall–Kier alpha value is -0.430. The molecule has 3 nitrogen and oxygen atoms in total. The fourth-order valence-corrected chi connectivity index (χ4v) is 1.35. The quantitative estimate of drug-likeness (QED) is 0.485. The van der Waals surface area contributed by atoms with Crippen LogP contribution in [-0.2, 0) is 4.79 Å². The largest absolute Gasteiger partial charge is 0.471 e. The lowest BCUT2D eigenvalue weighted by molar-refractivity contribution is -0.173. The Morgan fingerprint density at radius 1 is 1.36 bits per heavy atom. The van der Waals surface area contributed by atoms with E-state index >= 15 is 0 Å². The summed E-state index contributed by atoms with van der Waals surface area (Å²) < 4.78 is 38.0. The van der Waals surface area contributed by atoms with Crippen molar-refractivity contribution < 1.29 is 18.0 Å². The third-order valence-corrected chi connectivity index (χ3v) is 3.24. The standard InChI is InChI=1S/C7H15F3N2OS/c1-3-14(2)12-5-4-11-6(13)7(8,9)10/h12,14H,3-5H2,1-2H3,(H,11,13). The van der Waals surface area contributed by atoms with Gasteiger partial charge in [0.1, 0.15) is 0 Å². The number of thiol groups is 1. The molecule has 0 bridgehead atoms. The zero-order chi connectivity index (χ0) is 11.2. The highest BCUT2D eigenvalue weighted by Crippen LogP contribution is 2.14. The van der Waals surface area contributed by atoms with E-state index in [2.05, 4.69) is 4.72 Å². The van der Waals surface area contributed by atoms with Gasteiger partial charge >= 0.3 is 12.1 Å². The van der Waals surface area contributed by atoms with Crippen LogP contribution in [0.3, 0.4) is 0 Å². The molecule has 0 saturated carbocycles. The molecule has 1 unspecified atom stereocenters. The highest BCUT2D eigenvalue weighted by atomic mass is 32.2. The molecular weight excluding hydrogens is 217 g/mol. The summed E-state index contributed by atoms with van der Waals surface area (Å²) in [5, 5.41) is 1.79. The average Bonchev–Trinajstić information content (AvgIpc) is 2.09. The molecule has 0 radical (unpaired) electrons. The molecule has 0 spiro atoms. The van der Waals surface area contributed by atoms with Crippen molar-refractivity contribution in [1.82, 2.24) is 10.0 Å².